The molecule has 4 nitrogen and oxygen atoms in total. The normalized spacial score (nSPS) is 17.4. The monoisotopic (exact) mass is 420 g/mol. The van der Waals surface area contributed by atoms with Crippen molar-refractivity contribution in [2.24, 2.45) is 0 Å². The number of halogens is 2. The van der Waals surface area contributed by atoms with Crippen molar-refractivity contribution in [3.8, 4) is 0 Å². The van der Waals surface area contributed by atoms with Crippen LogP contribution in [0.25, 0.3) is 0 Å². The van der Waals surface area contributed by atoms with Gasteiger partial charge in [0.15, 0.2) is 0 Å². The number of nitrogens with zero attached hydrogens (tertiary/aromatic N) is 1. The van der Waals surface area contributed by atoms with Gasteiger partial charge in [-0.05, 0) is 48.7 Å². The van der Waals surface area contributed by atoms with E-state index in [1.54, 1.807) is 6.07 Å². The first kappa shape index (κ1) is 19.0. The van der Waals surface area contributed by atoms with E-state index >= 15 is 0 Å². The van der Waals surface area contributed by atoms with E-state index < -0.39 is 5.82 Å². The van der Waals surface area contributed by atoms with E-state index in [0.717, 1.165) is 37.1 Å². The fourth-order valence-electron chi connectivity index (χ4n) is 3.38. The lowest BCUT2D eigenvalue weighted by Crippen LogP contribution is -2.32. The van der Waals surface area contributed by atoms with Crippen LogP contribution in [0.1, 0.15) is 34.3 Å². The summed E-state index contributed by atoms with van der Waals surface area (Å²) in [6.07, 6.45) is 2.11. The molecule has 1 heterocycles. The molecule has 1 fully saturated rings. The van der Waals surface area contributed by atoms with Gasteiger partial charge < -0.3 is 10.4 Å². The smallest absolute Gasteiger partial charge is 0.251 e. The van der Waals surface area contributed by atoms with Crippen LogP contribution < -0.4 is 5.32 Å². The Morgan fingerprint density at radius 3 is 2.77 bits per heavy atom. The maximum absolute atomic E-state index is 13.5. The summed E-state index contributed by atoms with van der Waals surface area (Å²) < 4.78 is 14.0. The Labute approximate surface area is 161 Å². The van der Waals surface area contributed by atoms with Crippen molar-refractivity contribution in [3.63, 3.8) is 0 Å². The average Bonchev–Trinajstić information content (AvgIpc) is 3.07. The second kappa shape index (κ2) is 8.75. The van der Waals surface area contributed by atoms with E-state index in [1.165, 1.54) is 12.1 Å². The number of hydrogen-bond donors (Lipinski definition) is 2. The van der Waals surface area contributed by atoms with Gasteiger partial charge in [-0.1, -0.05) is 40.2 Å². The minimum atomic E-state index is -0.450. The molecule has 1 aliphatic heterocycles. The van der Waals surface area contributed by atoms with E-state index in [1.807, 2.05) is 24.3 Å². The van der Waals surface area contributed by atoms with Gasteiger partial charge in [0.2, 0.25) is 0 Å². The third-order valence-corrected chi connectivity index (χ3v) is 5.22. The predicted molar refractivity (Wildman–Crippen MR) is 102 cm³/mol. The van der Waals surface area contributed by atoms with Crippen LogP contribution in [0.5, 0.6) is 0 Å². The minimum Gasteiger partial charge on any atom is -0.395 e. The van der Waals surface area contributed by atoms with Gasteiger partial charge >= 0.3 is 0 Å². The SMILES string of the molecule is O=C(NCc1ccccc1CN1CCC[C@@H]1CO)c1cc(F)cc(Br)c1. The van der Waals surface area contributed by atoms with Gasteiger partial charge in [0, 0.05) is 29.2 Å². The highest BCUT2D eigenvalue weighted by molar-refractivity contribution is 9.10. The first-order valence-electron chi connectivity index (χ1n) is 8.73. The van der Waals surface area contributed by atoms with Gasteiger partial charge in [0.1, 0.15) is 5.82 Å². The van der Waals surface area contributed by atoms with Gasteiger partial charge in [0.25, 0.3) is 5.91 Å². The van der Waals surface area contributed by atoms with Crippen molar-refractivity contribution in [1.29, 1.82) is 0 Å². The maximum Gasteiger partial charge on any atom is 0.251 e. The molecule has 0 unspecified atom stereocenters. The summed E-state index contributed by atoms with van der Waals surface area (Å²) >= 11 is 3.20. The molecule has 2 aromatic rings. The number of carbonyl (C=O) groups excluding carboxylic acids is 1. The number of carbonyl (C=O) groups is 1. The van der Waals surface area contributed by atoms with Crippen LogP contribution in [-0.4, -0.2) is 35.1 Å². The molecule has 0 aromatic heterocycles. The van der Waals surface area contributed by atoms with E-state index in [0.29, 0.717) is 11.0 Å². The molecule has 2 N–H and O–H groups in total. The molecule has 1 atom stereocenters. The molecular weight excluding hydrogens is 399 g/mol. The fourth-order valence-corrected chi connectivity index (χ4v) is 3.84. The second-order valence-electron chi connectivity index (χ2n) is 6.56. The molecule has 0 spiro atoms. The number of aliphatic hydroxyl groups is 1. The molecule has 6 heteroatoms. The van der Waals surface area contributed by atoms with Crippen LogP contribution in [0.15, 0.2) is 46.9 Å². The van der Waals surface area contributed by atoms with Crippen LogP contribution >= 0.6 is 15.9 Å². The summed E-state index contributed by atoms with van der Waals surface area (Å²) in [5.74, 6) is -0.761. The van der Waals surface area contributed by atoms with E-state index in [-0.39, 0.29) is 24.1 Å². The zero-order chi connectivity index (χ0) is 18.5. The molecule has 0 aliphatic carbocycles. The summed E-state index contributed by atoms with van der Waals surface area (Å²) in [4.78, 5) is 14.6. The average molecular weight is 421 g/mol. The lowest BCUT2D eigenvalue weighted by Gasteiger charge is -2.24. The summed E-state index contributed by atoms with van der Waals surface area (Å²) in [5, 5.41) is 12.4. The van der Waals surface area contributed by atoms with Crippen LogP contribution in [0.2, 0.25) is 0 Å². The summed E-state index contributed by atoms with van der Waals surface area (Å²) in [5.41, 5.74) is 2.45. The first-order chi connectivity index (χ1) is 12.6. The number of aliphatic hydroxyl groups excluding tert-OH is 1. The molecule has 0 radical (unpaired) electrons. The summed E-state index contributed by atoms with van der Waals surface area (Å²) in [6.45, 7) is 2.28. The summed E-state index contributed by atoms with van der Waals surface area (Å²) in [7, 11) is 0. The zero-order valence-electron chi connectivity index (χ0n) is 14.4. The number of amides is 1. The number of benzene rings is 2. The molecule has 1 aliphatic rings. The summed E-state index contributed by atoms with van der Waals surface area (Å²) in [6, 6.07) is 12.3. The number of nitrogens with one attached hydrogen (secondary N) is 1. The number of rotatable bonds is 6. The van der Waals surface area contributed by atoms with Gasteiger partial charge in [-0.25, -0.2) is 4.39 Å². The predicted octanol–water partition coefficient (Wildman–Crippen LogP) is 3.47. The Hall–Kier alpha value is -1.76. The van der Waals surface area contributed by atoms with Gasteiger partial charge in [-0.3, -0.25) is 9.69 Å². The van der Waals surface area contributed by atoms with E-state index in [2.05, 4.69) is 26.1 Å². The van der Waals surface area contributed by atoms with Crippen molar-refractivity contribution in [2.75, 3.05) is 13.2 Å². The second-order valence-corrected chi connectivity index (χ2v) is 7.47. The Morgan fingerprint density at radius 2 is 2.04 bits per heavy atom. The molecule has 2 aromatic carbocycles. The number of hydrogen-bond acceptors (Lipinski definition) is 3. The largest absolute Gasteiger partial charge is 0.395 e. The third-order valence-electron chi connectivity index (χ3n) is 4.77. The van der Waals surface area contributed by atoms with Gasteiger partial charge in [-0.2, -0.15) is 0 Å². The highest BCUT2D eigenvalue weighted by Gasteiger charge is 2.24. The topological polar surface area (TPSA) is 52.6 Å². The standard InChI is InChI=1S/C20H22BrFN2O2/c21-17-8-16(9-18(22)10-17)20(26)23-11-14-4-1-2-5-15(14)12-24-7-3-6-19(24)13-25/h1-2,4-5,8-10,19,25H,3,6-7,11-13H2,(H,23,26)/t19-/m1/s1. The molecule has 138 valence electrons. The fraction of sp³-hybridized carbons (Fsp3) is 0.350. The highest BCUT2D eigenvalue weighted by Crippen LogP contribution is 2.21. The van der Waals surface area contributed by atoms with E-state index in [9.17, 15) is 14.3 Å². The molecule has 26 heavy (non-hydrogen) atoms. The van der Waals surface area contributed by atoms with Crippen molar-refractivity contribution in [2.45, 2.75) is 32.0 Å². The molecule has 3 rings (SSSR count). The Bertz CT molecular complexity index is 764. The lowest BCUT2D eigenvalue weighted by molar-refractivity contribution is 0.0950. The molecule has 0 bridgehead atoms. The Balaban J connectivity index is 1.67. The van der Waals surface area contributed by atoms with Crippen LogP contribution in [0.3, 0.4) is 0 Å². The first-order valence-corrected chi connectivity index (χ1v) is 9.52. The van der Waals surface area contributed by atoms with Gasteiger partial charge in [-0.15, -0.1) is 0 Å². The Morgan fingerprint density at radius 1 is 1.27 bits per heavy atom. The van der Waals surface area contributed by atoms with Crippen LogP contribution in [0.4, 0.5) is 4.39 Å². The Kier molecular flexibility index (Phi) is 6.40. The lowest BCUT2D eigenvalue weighted by atomic mass is 10.1. The van der Waals surface area contributed by atoms with Crippen molar-refractivity contribution in [3.05, 3.63) is 69.4 Å². The molecular formula is C20H22BrFN2O2. The van der Waals surface area contributed by atoms with E-state index in [4.69, 9.17) is 0 Å². The minimum absolute atomic E-state index is 0.174. The maximum atomic E-state index is 13.5. The molecule has 1 saturated heterocycles. The molecule has 1 amide bonds. The van der Waals surface area contributed by atoms with Crippen molar-refractivity contribution in [1.82, 2.24) is 10.2 Å². The quantitative estimate of drug-likeness (QED) is 0.751. The number of likely N-dealkylation sites (tertiary alicyclic amines) is 1. The van der Waals surface area contributed by atoms with Crippen LogP contribution in [-0.2, 0) is 13.1 Å². The highest BCUT2D eigenvalue weighted by atomic mass is 79.9. The zero-order valence-corrected chi connectivity index (χ0v) is 16.0. The molecule has 0 saturated carbocycles. The van der Waals surface area contributed by atoms with Crippen LogP contribution in [0, 0.1) is 5.82 Å². The van der Waals surface area contributed by atoms with Gasteiger partial charge in [0.05, 0.1) is 6.61 Å². The van der Waals surface area contributed by atoms with Crippen molar-refractivity contribution < 1.29 is 14.3 Å². The third kappa shape index (κ3) is 4.69. The van der Waals surface area contributed by atoms with Crippen molar-refractivity contribution >= 4 is 21.8 Å².